The molecule has 6 heteroatoms. The third kappa shape index (κ3) is 2.69. The predicted octanol–water partition coefficient (Wildman–Crippen LogP) is 2.17. The first kappa shape index (κ1) is 12.0. The number of rotatable bonds is 4. The molecular formula is C13H13N5S. The zero-order valence-electron chi connectivity index (χ0n) is 10.2. The quantitative estimate of drug-likeness (QED) is 0.762. The molecule has 0 bridgehead atoms. The van der Waals surface area contributed by atoms with Crippen molar-refractivity contribution in [3.63, 3.8) is 0 Å². The molecule has 3 N–H and O–H groups in total. The molecule has 0 aliphatic rings. The van der Waals surface area contributed by atoms with Crippen molar-refractivity contribution in [1.29, 1.82) is 0 Å². The van der Waals surface area contributed by atoms with Gasteiger partial charge < -0.3 is 5.73 Å². The van der Waals surface area contributed by atoms with Crippen molar-refractivity contribution in [3.8, 4) is 11.3 Å². The van der Waals surface area contributed by atoms with Crippen LogP contribution < -0.4 is 5.73 Å². The number of nitrogens with zero attached hydrogens (tertiary/aromatic N) is 3. The van der Waals surface area contributed by atoms with Gasteiger partial charge in [-0.25, -0.2) is 9.97 Å². The van der Waals surface area contributed by atoms with Gasteiger partial charge in [0.25, 0.3) is 0 Å². The fourth-order valence-electron chi connectivity index (χ4n) is 1.82. The Balaban J connectivity index is 1.75. The Morgan fingerprint density at radius 1 is 1.26 bits per heavy atom. The Hall–Kier alpha value is -2.05. The van der Waals surface area contributed by atoms with Crippen LogP contribution in [0, 0.1) is 0 Å². The molecular weight excluding hydrogens is 258 g/mol. The fourth-order valence-corrected chi connectivity index (χ4v) is 2.69. The van der Waals surface area contributed by atoms with Crippen LogP contribution in [0.15, 0.2) is 42.0 Å². The number of benzene rings is 1. The Morgan fingerprint density at radius 2 is 2.11 bits per heavy atom. The zero-order valence-corrected chi connectivity index (χ0v) is 11.0. The number of aromatic amines is 1. The zero-order chi connectivity index (χ0) is 13.1. The smallest absolute Gasteiger partial charge is 0.141 e. The fraction of sp³-hybridized carbons (Fsp3) is 0.154. The van der Waals surface area contributed by atoms with E-state index in [-0.39, 0.29) is 6.04 Å². The van der Waals surface area contributed by atoms with Crippen LogP contribution in [0.25, 0.3) is 11.3 Å². The van der Waals surface area contributed by atoms with Gasteiger partial charge in [0.1, 0.15) is 12.2 Å². The highest BCUT2D eigenvalue weighted by atomic mass is 32.1. The molecule has 2 aromatic heterocycles. The first-order valence-corrected chi connectivity index (χ1v) is 6.81. The van der Waals surface area contributed by atoms with Crippen molar-refractivity contribution < 1.29 is 0 Å². The molecule has 0 aliphatic carbocycles. The normalized spacial score (nSPS) is 12.5. The molecule has 5 nitrogen and oxygen atoms in total. The number of nitrogens with two attached hydrogens (primary N) is 1. The summed E-state index contributed by atoms with van der Waals surface area (Å²) in [6.07, 6.45) is 2.12. The Bertz CT molecular complexity index is 632. The highest BCUT2D eigenvalue weighted by molar-refractivity contribution is 7.09. The lowest BCUT2D eigenvalue weighted by molar-refractivity contribution is 0.668. The first-order valence-electron chi connectivity index (χ1n) is 5.93. The van der Waals surface area contributed by atoms with Crippen molar-refractivity contribution in [3.05, 3.63) is 52.9 Å². The van der Waals surface area contributed by atoms with Gasteiger partial charge in [0, 0.05) is 17.4 Å². The third-order valence-electron chi connectivity index (χ3n) is 2.80. The van der Waals surface area contributed by atoms with Crippen molar-refractivity contribution in [2.24, 2.45) is 5.73 Å². The molecule has 3 rings (SSSR count). The van der Waals surface area contributed by atoms with Crippen molar-refractivity contribution in [2.75, 3.05) is 0 Å². The summed E-state index contributed by atoms with van der Waals surface area (Å²) in [4.78, 5) is 8.67. The molecule has 96 valence electrons. The molecule has 2 heterocycles. The Labute approximate surface area is 114 Å². The van der Waals surface area contributed by atoms with E-state index in [9.17, 15) is 0 Å². The number of thiazole rings is 1. The summed E-state index contributed by atoms with van der Waals surface area (Å²) in [6, 6.07) is 9.92. The number of hydrogen-bond acceptors (Lipinski definition) is 5. The van der Waals surface area contributed by atoms with E-state index in [0.717, 1.165) is 16.3 Å². The molecule has 1 aromatic carbocycles. The summed E-state index contributed by atoms with van der Waals surface area (Å²) >= 11 is 1.62. The molecule has 0 amide bonds. The highest BCUT2D eigenvalue weighted by Gasteiger charge is 2.13. The lowest BCUT2D eigenvalue weighted by atomic mass is 10.2. The van der Waals surface area contributed by atoms with E-state index in [0.29, 0.717) is 12.2 Å². The maximum Gasteiger partial charge on any atom is 0.141 e. The van der Waals surface area contributed by atoms with Crippen molar-refractivity contribution in [2.45, 2.75) is 12.5 Å². The van der Waals surface area contributed by atoms with Crippen LogP contribution in [0.4, 0.5) is 0 Å². The molecule has 0 radical (unpaired) electrons. The molecule has 0 saturated heterocycles. The summed E-state index contributed by atoms with van der Waals surface area (Å²) in [5, 5.41) is 9.65. The third-order valence-corrected chi connectivity index (χ3v) is 3.67. The maximum absolute atomic E-state index is 6.05. The topological polar surface area (TPSA) is 80.5 Å². The van der Waals surface area contributed by atoms with Crippen LogP contribution >= 0.6 is 11.3 Å². The molecule has 1 atom stereocenters. The number of aromatic nitrogens is 4. The number of H-pyrrole nitrogens is 1. The van der Waals surface area contributed by atoms with Crippen LogP contribution in [-0.4, -0.2) is 20.2 Å². The van der Waals surface area contributed by atoms with Gasteiger partial charge in [0.05, 0.1) is 16.7 Å². The van der Waals surface area contributed by atoms with E-state index in [1.165, 1.54) is 6.33 Å². The van der Waals surface area contributed by atoms with E-state index >= 15 is 0 Å². The lowest BCUT2D eigenvalue weighted by Crippen LogP contribution is -2.14. The van der Waals surface area contributed by atoms with Crippen LogP contribution in [-0.2, 0) is 6.42 Å². The minimum absolute atomic E-state index is 0.197. The molecule has 0 fully saturated rings. The minimum atomic E-state index is -0.197. The molecule has 0 saturated carbocycles. The van der Waals surface area contributed by atoms with Gasteiger partial charge >= 0.3 is 0 Å². The second kappa shape index (κ2) is 5.29. The van der Waals surface area contributed by atoms with Crippen LogP contribution in [0.3, 0.4) is 0 Å². The summed E-state index contributed by atoms with van der Waals surface area (Å²) in [5.74, 6) is 0.691. The van der Waals surface area contributed by atoms with Crippen LogP contribution in [0.2, 0.25) is 0 Å². The second-order valence-electron chi connectivity index (χ2n) is 4.17. The predicted molar refractivity (Wildman–Crippen MR) is 74.6 cm³/mol. The average molecular weight is 271 g/mol. The average Bonchev–Trinajstić information content (AvgIpc) is 3.11. The van der Waals surface area contributed by atoms with E-state index < -0.39 is 0 Å². The second-order valence-corrected chi connectivity index (χ2v) is 5.12. The molecule has 19 heavy (non-hydrogen) atoms. The molecule has 0 aliphatic heterocycles. The molecule has 0 spiro atoms. The SMILES string of the molecule is NC(Cc1nc(-c2ccccc2)cs1)c1ncn[nH]1. The standard InChI is InChI=1S/C13H13N5S/c14-10(13-15-8-16-18-13)6-12-17-11(7-19-12)9-4-2-1-3-5-9/h1-5,7-8,10H,6,14H2,(H,15,16,18). The lowest BCUT2D eigenvalue weighted by Gasteiger charge is -2.04. The Kier molecular flexibility index (Phi) is 3.35. The molecule has 1 unspecified atom stereocenters. The molecule has 3 aromatic rings. The minimum Gasteiger partial charge on any atom is -0.321 e. The van der Waals surface area contributed by atoms with Gasteiger partial charge in [-0.1, -0.05) is 30.3 Å². The summed E-state index contributed by atoms with van der Waals surface area (Å²) < 4.78 is 0. The number of hydrogen-bond donors (Lipinski definition) is 2. The van der Waals surface area contributed by atoms with Crippen LogP contribution in [0.5, 0.6) is 0 Å². The summed E-state index contributed by atoms with van der Waals surface area (Å²) in [7, 11) is 0. The first-order chi connectivity index (χ1) is 9.33. The van der Waals surface area contributed by atoms with Gasteiger partial charge in [-0.3, -0.25) is 5.10 Å². The maximum atomic E-state index is 6.05. The van der Waals surface area contributed by atoms with Crippen LogP contribution in [0.1, 0.15) is 16.9 Å². The van der Waals surface area contributed by atoms with Gasteiger partial charge in [0.2, 0.25) is 0 Å². The van der Waals surface area contributed by atoms with Gasteiger partial charge in [0.15, 0.2) is 0 Å². The van der Waals surface area contributed by atoms with Crippen molar-refractivity contribution in [1.82, 2.24) is 20.2 Å². The van der Waals surface area contributed by atoms with Gasteiger partial charge in [-0.05, 0) is 0 Å². The van der Waals surface area contributed by atoms with E-state index in [1.807, 2.05) is 18.2 Å². The largest absolute Gasteiger partial charge is 0.321 e. The summed E-state index contributed by atoms with van der Waals surface area (Å²) in [5.41, 5.74) is 8.17. The van der Waals surface area contributed by atoms with Crippen molar-refractivity contribution >= 4 is 11.3 Å². The van der Waals surface area contributed by atoms with E-state index in [2.05, 4.69) is 37.7 Å². The van der Waals surface area contributed by atoms with Gasteiger partial charge in [-0.15, -0.1) is 11.3 Å². The Morgan fingerprint density at radius 3 is 2.84 bits per heavy atom. The number of nitrogens with one attached hydrogen (secondary N) is 1. The van der Waals surface area contributed by atoms with Gasteiger partial charge in [-0.2, -0.15) is 5.10 Å². The highest BCUT2D eigenvalue weighted by Crippen LogP contribution is 2.23. The van der Waals surface area contributed by atoms with E-state index in [1.54, 1.807) is 11.3 Å². The summed E-state index contributed by atoms with van der Waals surface area (Å²) in [6.45, 7) is 0. The van der Waals surface area contributed by atoms with E-state index in [4.69, 9.17) is 5.73 Å². The monoisotopic (exact) mass is 271 g/mol.